The molecule has 0 aromatic carbocycles. The molecule has 3 heteroatoms. The van der Waals surface area contributed by atoms with Gasteiger partial charge in [0.25, 0.3) is 0 Å². The molecule has 2 N–H and O–H groups in total. The Morgan fingerprint density at radius 2 is 2.00 bits per heavy atom. The summed E-state index contributed by atoms with van der Waals surface area (Å²) in [4.78, 5) is 2.59. The first-order valence-electron chi connectivity index (χ1n) is 6.72. The monoisotopic (exact) mass is 228 g/mol. The second-order valence-corrected chi connectivity index (χ2v) is 4.96. The minimum atomic E-state index is 0.744. The summed E-state index contributed by atoms with van der Waals surface area (Å²) in [5, 5.41) is 0. The van der Waals surface area contributed by atoms with Gasteiger partial charge in [0.15, 0.2) is 0 Å². The van der Waals surface area contributed by atoms with E-state index in [1.807, 2.05) is 0 Å². The van der Waals surface area contributed by atoms with E-state index in [0.29, 0.717) is 0 Å². The van der Waals surface area contributed by atoms with Crippen LogP contribution in [0.4, 0.5) is 0 Å². The number of rotatable bonds is 10. The van der Waals surface area contributed by atoms with E-state index in [1.165, 1.54) is 32.2 Å². The second kappa shape index (κ2) is 8.04. The molecule has 1 aliphatic rings. The fourth-order valence-electron chi connectivity index (χ4n) is 2.24. The van der Waals surface area contributed by atoms with E-state index in [4.69, 9.17) is 10.5 Å². The van der Waals surface area contributed by atoms with Gasteiger partial charge in [0, 0.05) is 19.7 Å². The zero-order valence-corrected chi connectivity index (χ0v) is 11.0. The van der Waals surface area contributed by atoms with Crippen molar-refractivity contribution in [2.75, 3.05) is 33.4 Å². The van der Waals surface area contributed by atoms with E-state index in [1.54, 1.807) is 7.11 Å². The van der Waals surface area contributed by atoms with Crippen LogP contribution in [0.5, 0.6) is 0 Å². The number of methoxy groups -OCH3 is 1. The average Bonchev–Trinajstić information content (AvgIpc) is 3.11. The fourth-order valence-corrected chi connectivity index (χ4v) is 2.24. The summed E-state index contributed by atoms with van der Waals surface area (Å²) in [6.07, 6.45) is 6.55. The van der Waals surface area contributed by atoms with Gasteiger partial charge in [-0.2, -0.15) is 0 Å². The summed E-state index contributed by atoms with van der Waals surface area (Å²) in [7, 11) is 1.79. The van der Waals surface area contributed by atoms with Crippen molar-refractivity contribution >= 4 is 0 Å². The number of hydrogen-bond acceptors (Lipinski definition) is 3. The summed E-state index contributed by atoms with van der Waals surface area (Å²) in [5.74, 6) is 0.950. The Kier molecular flexibility index (Phi) is 7.01. The maximum Gasteiger partial charge on any atom is 0.0589 e. The van der Waals surface area contributed by atoms with E-state index in [9.17, 15) is 0 Å². The molecule has 0 radical (unpaired) electrons. The van der Waals surface area contributed by atoms with Gasteiger partial charge in [0.1, 0.15) is 0 Å². The van der Waals surface area contributed by atoms with Crippen molar-refractivity contribution in [2.45, 2.75) is 45.1 Å². The van der Waals surface area contributed by atoms with Gasteiger partial charge >= 0.3 is 0 Å². The third-order valence-electron chi connectivity index (χ3n) is 3.61. The molecule has 0 aliphatic heterocycles. The molecule has 1 atom stereocenters. The van der Waals surface area contributed by atoms with E-state index in [-0.39, 0.29) is 0 Å². The van der Waals surface area contributed by atoms with Gasteiger partial charge in [-0.1, -0.05) is 6.42 Å². The Bertz CT molecular complexity index is 171. The molecule has 0 saturated heterocycles. The van der Waals surface area contributed by atoms with Crippen LogP contribution in [0.15, 0.2) is 0 Å². The predicted molar refractivity (Wildman–Crippen MR) is 68.5 cm³/mol. The topological polar surface area (TPSA) is 38.5 Å². The highest BCUT2D eigenvalue weighted by Crippen LogP contribution is 2.35. The van der Waals surface area contributed by atoms with Crippen LogP contribution < -0.4 is 5.73 Å². The molecule has 1 fully saturated rings. The lowest BCUT2D eigenvalue weighted by atomic mass is 10.1. The van der Waals surface area contributed by atoms with Crippen LogP contribution in [0.1, 0.15) is 39.0 Å². The summed E-state index contributed by atoms with van der Waals surface area (Å²) in [6.45, 7) is 6.35. The molecule has 3 nitrogen and oxygen atoms in total. The van der Waals surface area contributed by atoms with Crippen molar-refractivity contribution in [3.05, 3.63) is 0 Å². The first kappa shape index (κ1) is 13.9. The Morgan fingerprint density at radius 3 is 2.56 bits per heavy atom. The molecule has 0 spiro atoms. The number of nitrogens with zero attached hydrogens (tertiary/aromatic N) is 1. The fraction of sp³-hybridized carbons (Fsp3) is 1.00. The lowest BCUT2D eigenvalue weighted by Gasteiger charge is -2.29. The SMILES string of the molecule is COCCN(CCCCCN)C(C)C1CC1. The van der Waals surface area contributed by atoms with Gasteiger partial charge < -0.3 is 10.5 Å². The zero-order chi connectivity index (χ0) is 11.8. The minimum Gasteiger partial charge on any atom is -0.383 e. The van der Waals surface area contributed by atoms with Crippen LogP contribution in [0, 0.1) is 5.92 Å². The lowest BCUT2D eigenvalue weighted by molar-refractivity contribution is 0.115. The Morgan fingerprint density at radius 1 is 1.25 bits per heavy atom. The molecule has 0 amide bonds. The standard InChI is InChI=1S/C13H28N2O/c1-12(13-6-7-13)15(10-11-16-2)9-5-3-4-8-14/h12-13H,3-11,14H2,1-2H3. The van der Waals surface area contributed by atoms with Crippen molar-refractivity contribution in [1.29, 1.82) is 0 Å². The summed E-state index contributed by atoms with van der Waals surface area (Å²) >= 11 is 0. The van der Waals surface area contributed by atoms with E-state index in [0.717, 1.165) is 38.1 Å². The highest BCUT2D eigenvalue weighted by Gasteiger charge is 2.31. The summed E-state index contributed by atoms with van der Waals surface area (Å²) in [5.41, 5.74) is 5.51. The van der Waals surface area contributed by atoms with Gasteiger partial charge in [-0.25, -0.2) is 0 Å². The highest BCUT2D eigenvalue weighted by atomic mass is 16.5. The molecular weight excluding hydrogens is 200 g/mol. The van der Waals surface area contributed by atoms with Crippen molar-refractivity contribution in [2.24, 2.45) is 11.7 Å². The quantitative estimate of drug-likeness (QED) is 0.580. The summed E-state index contributed by atoms with van der Waals surface area (Å²) < 4.78 is 5.19. The molecule has 1 rings (SSSR count). The first-order chi connectivity index (χ1) is 7.79. The molecule has 96 valence electrons. The number of ether oxygens (including phenoxy) is 1. The van der Waals surface area contributed by atoms with E-state index >= 15 is 0 Å². The first-order valence-corrected chi connectivity index (χ1v) is 6.72. The zero-order valence-electron chi connectivity index (χ0n) is 11.0. The molecule has 0 bridgehead atoms. The highest BCUT2D eigenvalue weighted by molar-refractivity contribution is 4.85. The minimum absolute atomic E-state index is 0.744. The molecular formula is C13H28N2O. The molecule has 0 aromatic heterocycles. The van der Waals surface area contributed by atoms with Gasteiger partial charge in [0.05, 0.1) is 6.61 Å². The molecule has 1 saturated carbocycles. The molecule has 0 heterocycles. The third-order valence-corrected chi connectivity index (χ3v) is 3.61. The largest absolute Gasteiger partial charge is 0.383 e. The van der Waals surface area contributed by atoms with Crippen molar-refractivity contribution in [1.82, 2.24) is 4.90 Å². The Labute approximate surface area is 100 Å². The smallest absolute Gasteiger partial charge is 0.0589 e. The van der Waals surface area contributed by atoms with Crippen LogP contribution in [0.3, 0.4) is 0 Å². The summed E-state index contributed by atoms with van der Waals surface area (Å²) in [6, 6.07) is 0.744. The maximum absolute atomic E-state index is 5.51. The molecule has 1 aliphatic carbocycles. The number of nitrogens with two attached hydrogens (primary N) is 1. The van der Waals surface area contributed by atoms with Gasteiger partial charge in [0.2, 0.25) is 0 Å². The lowest BCUT2D eigenvalue weighted by Crippen LogP contribution is -2.37. The van der Waals surface area contributed by atoms with Gasteiger partial charge in [-0.05, 0) is 51.6 Å². The van der Waals surface area contributed by atoms with Crippen LogP contribution in [-0.4, -0.2) is 44.3 Å². The predicted octanol–water partition coefficient (Wildman–Crippen LogP) is 1.86. The van der Waals surface area contributed by atoms with Gasteiger partial charge in [-0.3, -0.25) is 4.90 Å². The van der Waals surface area contributed by atoms with Crippen LogP contribution in [0.2, 0.25) is 0 Å². The van der Waals surface area contributed by atoms with Crippen molar-refractivity contribution in [3.63, 3.8) is 0 Å². The normalized spacial score (nSPS) is 18.0. The molecule has 0 aromatic rings. The average molecular weight is 228 g/mol. The molecule has 1 unspecified atom stereocenters. The third kappa shape index (κ3) is 5.28. The maximum atomic E-state index is 5.51. The second-order valence-electron chi connectivity index (χ2n) is 4.96. The van der Waals surface area contributed by atoms with Crippen molar-refractivity contribution in [3.8, 4) is 0 Å². The Balaban J connectivity index is 2.19. The number of hydrogen-bond donors (Lipinski definition) is 1. The molecule has 16 heavy (non-hydrogen) atoms. The van der Waals surface area contributed by atoms with E-state index < -0.39 is 0 Å². The van der Waals surface area contributed by atoms with Gasteiger partial charge in [-0.15, -0.1) is 0 Å². The van der Waals surface area contributed by atoms with Crippen molar-refractivity contribution < 1.29 is 4.74 Å². The Hall–Kier alpha value is -0.120. The van der Waals surface area contributed by atoms with Crippen LogP contribution in [0.25, 0.3) is 0 Å². The van der Waals surface area contributed by atoms with Crippen LogP contribution in [-0.2, 0) is 4.74 Å². The van der Waals surface area contributed by atoms with Crippen LogP contribution >= 0.6 is 0 Å². The van der Waals surface area contributed by atoms with E-state index in [2.05, 4.69) is 11.8 Å². The number of unbranched alkanes of at least 4 members (excludes halogenated alkanes) is 2.